The molecule has 1 aromatic carbocycles. The third-order valence-corrected chi connectivity index (χ3v) is 6.53. The largest absolute Gasteiger partial charge is 0.278 e. The lowest BCUT2D eigenvalue weighted by Crippen LogP contribution is -2.20. The van der Waals surface area contributed by atoms with Crippen LogP contribution in [0.25, 0.3) is 0 Å². The van der Waals surface area contributed by atoms with Crippen LogP contribution in [0.2, 0.25) is 0 Å². The normalized spacial score (nSPS) is 10.8. The van der Waals surface area contributed by atoms with E-state index in [2.05, 4.69) is 86.9 Å². The molecule has 0 bridgehead atoms. The smallest absolute Gasteiger partial charge is 0.141 e. The molecule has 4 aromatic heterocycles. The van der Waals surface area contributed by atoms with Gasteiger partial charge in [0.1, 0.15) is 23.3 Å². The van der Waals surface area contributed by atoms with Crippen molar-refractivity contribution in [2.24, 2.45) is 0 Å². The highest BCUT2D eigenvalue weighted by Gasteiger charge is 2.25. The van der Waals surface area contributed by atoms with Crippen LogP contribution < -0.4 is 9.80 Å². The first-order valence-electron chi connectivity index (χ1n) is 12.3. The zero-order chi connectivity index (χ0) is 25.9. The summed E-state index contributed by atoms with van der Waals surface area (Å²) >= 11 is 0. The Morgan fingerprint density at radius 3 is 0.973 bits per heavy atom. The SMILES string of the molecule is Cc1cccnc1N(c1cccc(N(c2ncccc2C)c2ncccc2C)c1C)c1ncccc1C. The van der Waals surface area contributed by atoms with Gasteiger partial charge in [-0.15, -0.1) is 0 Å². The molecule has 0 spiro atoms. The van der Waals surface area contributed by atoms with Crippen molar-refractivity contribution in [2.45, 2.75) is 34.6 Å². The molecule has 0 aliphatic carbocycles. The number of hydrogen-bond donors (Lipinski definition) is 0. The molecule has 0 aliphatic heterocycles. The van der Waals surface area contributed by atoms with Crippen LogP contribution in [0.4, 0.5) is 34.6 Å². The van der Waals surface area contributed by atoms with Gasteiger partial charge in [-0.2, -0.15) is 0 Å². The number of aryl methyl sites for hydroxylation is 4. The Hall–Kier alpha value is -4.58. The van der Waals surface area contributed by atoms with Gasteiger partial charge in [0, 0.05) is 24.8 Å². The number of pyridine rings is 4. The Balaban J connectivity index is 1.78. The van der Waals surface area contributed by atoms with Crippen LogP contribution in [0.5, 0.6) is 0 Å². The summed E-state index contributed by atoms with van der Waals surface area (Å²) in [7, 11) is 0. The summed E-state index contributed by atoms with van der Waals surface area (Å²) in [5.41, 5.74) is 7.31. The predicted octanol–water partition coefficient (Wildman–Crippen LogP) is 7.75. The van der Waals surface area contributed by atoms with Crippen LogP contribution in [0, 0.1) is 34.6 Å². The third kappa shape index (κ3) is 4.54. The minimum absolute atomic E-state index is 0.846. The highest BCUT2D eigenvalue weighted by molar-refractivity contribution is 5.85. The molecule has 6 nitrogen and oxygen atoms in total. The zero-order valence-corrected chi connectivity index (χ0v) is 21.8. The molecule has 0 radical (unpaired) electrons. The fourth-order valence-electron chi connectivity index (χ4n) is 4.60. The second-order valence-corrected chi connectivity index (χ2v) is 9.17. The summed E-state index contributed by atoms with van der Waals surface area (Å²) in [4.78, 5) is 23.4. The van der Waals surface area contributed by atoms with Crippen LogP contribution in [0.3, 0.4) is 0 Å². The van der Waals surface area contributed by atoms with Crippen molar-refractivity contribution in [1.29, 1.82) is 0 Å². The van der Waals surface area contributed by atoms with Crippen LogP contribution in [-0.4, -0.2) is 19.9 Å². The summed E-state index contributed by atoms with van der Waals surface area (Å²) in [5, 5.41) is 0. The molecule has 0 N–H and O–H groups in total. The Kier molecular flexibility index (Phi) is 6.64. The lowest BCUT2D eigenvalue weighted by molar-refractivity contribution is 1.06. The fraction of sp³-hybridized carbons (Fsp3) is 0.161. The van der Waals surface area contributed by atoms with Crippen LogP contribution in [0.1, 0.15) is 27.8 Å². The average Bonchev–Trinajstić information content (AvgIpc) is 2.90. The van der Waals surface area contributed by atoms with E-state index in [1.54, 1.807) is 0 Å². The van der Waals surface area contributed by atoms with E-state index < -0.39 is 0 Å². The topological polar surface area (TPSA) is 58.0 Å². The third-order valence-electron chi connectivity index (χ3n) is 6.53. The molecule has 37 heavy (non-hydrogen) atoms. The quantitative estimate of drug-likeness (QED) is 0.245. The van der Waals surface area contributed by atoms with Crippen LogP contribution in [-0.2, 0) is 0 Å². The van der Waals surface area contributed by atoms with Crippen molar-refractivity contribution in [1.82, 2.24) is 19.9 Å². The molecule has 0 atom stereocenters. The summed E-state index contributed by atoms with van der Waals surface area (Å²) in [5.74, 6) is 3.39. The Bertz CT molecular complexity index is 1360. The minimum atomic E-state index is 0.846. The predicted molar refractivity (Wildman–Crippen MR) is 151 cm³/mol. The molecule has 0 aliphatic rings. The molecule has 5 rings (SSSR count). The highest BCUT2D eigenvalue weighted by atomic mass is 15.3. The molecule has 4 heterocycles. The van der Waals surface area contributed by atoms with Gasteiger partial charge in [-0.3, -0.25) is 9.80 Å². The van der Waals surface area contributed by atoms with Crippen LogP contribution in [0.15, 0.2) is 91.5 Å². The molecule has 0 fully saturated rings. The summed E-state index contributed by atoms with van der Waals surface area (Å²) in [6.07, 6.45) is 7.31. The summed E-state index contributed by atoms with van der Waals surface area (Å²) in [6, 6.07) is 22.5. The van der Waals surface area contributed by atoms with Gasteiger partial charge < -0.3 is 0 Å². The first-order valence-corrected chi connectivity index (χ1v) is 12.3. The van der Waals surface area contributed by atoms with Crippen LogP contribution >= 0.6 is 0 Å². The van der Waals surface area contributed by atoms with Gasteiger partial charge in [0.2, 0.25) is 0 Å². The number of nitrogens with zero attached hydrogens (tertiary/aromatic N) is 6. The second-order valence-electron chi connectivity index (χ2n) is 9.17. The Morgan fingerprint density at radius 1 is 0.405 bits per heavy atom. The first-order chi connectivity index (χ1) is 18.0. The summed E-state index contributed by atoms with van der Waals surface area (Å²) < 4.78 is 0. The minimum Gasteiger partial charge on any atom is -0.278 e. The lowest BCUT2D eigenvalue weighted by atomic mass is 10.1. The first kappa shape index (κ1) is 24.1. The van der Waals surface area contributed by atoms with E-state index >= 15 is 0 Å². The monoisotopic (exact) mass is 486 g/mol. The number of aromatic nitrogens is 4. The number of benzene rings is 1. The Morgan fingerprint density at radius 2 is 0.703 bits per heavy atom. The van der Waals surface area contributed by atoms with Gasteiger partial charge in [0.25, 0.3) is 0 Å². The van der Waals surface area contributed by atoms with Gasteiger partial charge in [0.15, 0.2) is 0 Å². The maximum atomic E-state index is 4.78. The van der Waals surface area contributed by atoms with E-state index in [0.717, 1.165) is 62.5 Å². The van der Waals surface area contributed by atoms with E-state index in [1.165, 1.54) is 0 Å². The van der Waals surface area contributed by atoms with Crippen molar-refractivity contribution in [3.05, 3.63) is 119 Å². The van der Waals surface area contributed by atoms with Crippen molar-refractivity contribution in [3.8, 4) is 0 Å². The second kappa shape index (κ2) is 10.2. The van der Waals surface area contributed by atoms with E-state index in [1.807, 2.05) is 49.1 Å². The van der Waals surface area contributed by atoms with Crippen molar-refractivity contribution < 1.29 is 0 Å². The molecule has 0 saturated heterocycles. The fourth-order valence-corrected chi connectivity index (χ4v) is 4.60. The van der Waals surface area contributed by atoms with Crippen molar-refractivity contribution in [2.75, 3.05) is 9.80 Å². The maximum absolute atomic E-state index is 4.78. The molecule has 0 amide bonds. The standard InChI is InChI=1S/C31H30N6/c1-21-11-7-17-32-28(21)36(29-22(2)12-8-18-33-29)26-15-6-16-27(25(26)5)37(30-23(3)13-9-19-34-30)31-24(4)14-10-20-35-31/h6-20H,1-5H3. The molecular formula is C31H30N6. The average molecular weight is 487 g/mol. The van der Waals surface area contributed by atoms with E-state index in [9.17, 15) is 0 Å². The Labute approximate surface area is 218 Å². The van der Waals surface area contributed by atoms with Gasteiger partial charge in [-0.25, -0.2) is 19.9 Å². The number of anilines is 6. The lowest BCUT2D eigenvalue weighted by Gasteiger charge is -2.31. The maximum Gasteiger partial charge on any atom is 0.141 e. The van der Waals surface area contributed by atoms with Gasteiger partial charge >= 0.3 is 0 Å². The van der Waals surface area contributed by atoms with Crippen molar-refractivity contribution in [3.63, 3.8) is 0 Å². The molecule has 6 heteroatoms. The van der Waals surface area contributed by atoms with Gasteiger partial charge in [-0.1, -0.05) is 30.3 Å². The molecule has 0 unspecified atom stereocenters. The van der Waals surface area contributed by atoms with Gasteiger partial charge in [-0.05, 0) is 98.8 Å². The highest BCUT2D eigenvalue weighted by Crippen LogP contribution is 2.43. The van der Waals surface area contributed by atoms with Gasteiger partial charge in [0.05, 0.1) is 11.4 Å². The molecule has 5 aromatic rings. The zero-order valence-electron chi connectivity index (χ0n) is 21.8. The van der Waals surface area contributed by atoms with E-state index in [-0.39, 0.29) is 0 Å². The number of rotatable bonds is 6. The summed E-state index contributed by atoms with van der Waals surface area (Å²) in [6.45, 7) is 10.4. The molecule has 184 valence electrons. The molecule has 0 saturated carbocycles. The van der Waals surface area contributed by atoms with E-state index in [0.29, 0.717) is 0 Å². The molecular weight excluding hydrogens is 456 g/mol. The number of hydrogen-bond acceptors (Lipinski definition) is 6. The van der Waals surface area contributed by atoms with E-state index in [4.69, 9.17) is 19.9 Å². The van der Waals surface area contributed by atoms with Crippen molar-refractivity contribution >= 4 is 34.6 Å².